The summed E-state index contributed by atoms with van der Waals surface area (Å²) in [5.41, 5.74) is 1.25. The van der Waals surface area contributed by atoms with Gasteiger partial charge in [-0.2, -0.15) is 5.06 Å². The number of piperidine rings is 1. The van der Waals surface area contributed by atoms with E-state index in [2.05, 4.69) is 29.3 Å². The molecule has 1 aliphatic rings. The summed E-state index contributed by atoms with van der Waals surface area (Å²) in [6.07, 6.45) is 3.90. The van der Waals surface area contributed by atoms with E-state index in [1.54, 1.807) is 0 Å². The second-order valence-electron chi connectivity index (χ2n) is 3.75. The molecule has 3 heteroatoms. The van der Waals surface area contributed by atoms with Gasteiger partial charge in [0.05, 0.1) is 6.61 Å². The Bertz CT molecular complexity index is 260. The first-order valence-corrected chi connectivity index (χ1v) is 5.37. The first kappa shape index (κ1) is 12.5. The summed E-state index contributed by atoms with van der Waals surface area (Å²) < 4.78 is 0. The molecule has 0 atom stereocenters. The van der Waals surface area contributed by atoms with Gasteiger partial charge < -0.3 is 0 Å². The Labute approximate surface area is 97.6 Å². The second-order valence-corrected chi connectivity index (χ2v) is 3.75. The lowest BCUT2D eigenvalue weighted by Gasteiger charge is -2.25. The first-order valence-electron chi connectivity index (χ1n) is 5.37. The molecule has 1 aromatic rings. The van der Waals surface area contributed by atoms with E-state index in [-0.39, 0.29) is 12.4 Å². The summed E-state index contributed by atoms with van der Waals surface area (Å²) in [5, 5.41) is 2.09. The molecule has 1 heterocycles. The Balaban J connectivity index is 0.00000112. The zero-order valence-corrected chi connectivity index (χ0v) is 9.71. The molecule has 0 spiro atoms. The van der Waals surface area contributed by atoms with Crippen molar-refractivity contribution in [3.63, 3.8) is 0 Å². The van der Waals surface area contributed by atoms with E-state index < -0.39 is 0 Å². The van der Waals surface area contributed by atoms with Crippen LogP contribution >= 0.6 is 12.4 Å². The fourth-order valence-electron chi connectivity index (χ4n) is 1.73. The molecule has 84 valence electrons. The minimum absolute atomic E-state index is 0. The van der Waals surface area contributed by atoms with Crippen LogP contribution in [-0.4, -0.2) is 18.2 Å². The molecule has 2 nitrogen and oxygen atoms in total. The Kier molecular flexibility index (Phi) is 5.69. The lowest BCUT2D eigenvalue weighted by atomic mass is 10.2. The predicted molar refractivity (Wildman–Crippen MR) is 63.9 cm³/mol. The molecular formula is C12H18ClNO. The summed E-state index contributed by atoms with van der Waals surface area (Å²) in [4.78, 5) is 5.70. The molecule has 0 radical (unpaired) electrons. The smallest absolute Gasteiger partial charge is 0.0935 e. The van der Waals surface area contributed by atoms with Crippen molar-refractivity contribution < 1.29 is 4.84 Å². The third kappa shape index (κ3) is 4.20. The number of rotatable bonds is 3. The summed E-state index contributed by atoms with van der Waals surface area (Å²) >= 11 is 0. The van der Waals surface area contributed by atoms with Gasteiger partial charge in [0.1, 0.15) is 0 Å². The highest BCUT2D eigenvalue weighted by atomic mass is 35.5. The monoisotopic (exact) mass is 227 g/mol. The van der Waals surface area contributed by atoms with Crippen LogP contribution in [0.15, 0.2) is 30.3 Å². The van der Waals surface area contributed by atoms with Gasteiger partial charge in [0, 0.05) is 13.1 Å². The van der Waals surface area contributed by atoms with Crippen LogP contribution in [0.1, 0.15) is 24.8 Å². The van der Waals surface area contributed by atoms with Crippen molar-refractivity contribution in [2.45, 2.75) is 25.9 Å². The largest absolute Gasteiger partial charge is 0.294 e. The zero-order chi connectivity index (χ0) is 9.64. The lowest BCUT2D eigenvalue weighted by Crippen LogP contribution is -2.29. The highest BCUT2D eigenvalue weighted by molar-refractivity contribution is 5.85. The topological polar surface area (TPSA) is 12.5 Å². The fraction of sp³-hybridized carbons (Fsp3) is 0.500. The van der Waals surface area contributed by atoms with Gasteiger partial charge in [0.25, 0.3) is 0 Å². The quantitative estimate of drug-likeness (QED) is 0.787. The van der Waals surface area contributed by atoms with Gasteiger partial charge in [-0.3, -0.25) is 4.84 Å². The lowest BCUT2D eigenvalue weighted by molar-refractivity contribution is -0.178. The van der Waals surface area contributed by atoms with Gasteiger partial charge in [-0.05, 0) is 18.4 Å². The van der Waals surface area contributed by atoms with Crippen LogP contribution in [0.2, 0.25) is 0 Å². The van der Waals surface area contributed by atoms with Crippen LogP contribution in [0.5, 0.6) is 0 Å². The molecule has 0 N–H and O–H groups in total. The van der Waals surface area contributed by atoms with Crippen LogP contribution in [-0.2, 0) is 11.4 Å². The van der Waals surface area contributed by atoms with E-state index in [1.807, 2.05) is 6.07 Å². The predicted octanol–water partition coefficient (Wildman–Crippen LogP) is 3.03. The van der Waals surface area contributed by atoms with Crippen LogP contribution in [0.4, 0.5) is 0 Å². The number of hydrogen-bond acceptors (Lipinski definition) is 2. The maximum absolute atomic E-state index is 5.70. The number of halogens is 1. The highest BCUT2D eigenvalue weighted by Crippen LogP contribution is 2.10. The number of benzene rings is 1. The van der Waals surface area contributed by atoms with Gasteiger partial charge in [0.15, 0.2) is 0 Å². The van der Waals surface area contributed by atoms with Crippen molar-refractivity contribution in [1.29, 1.82) is 0 Å². The van der Waals surface area contributed by atoms with Crippen LogP contribution < -0.4 is 0 Å². The standard InChI is InChI=1S/C12H17NO.ClH/c1-3-7-12(8-4-1)11-14-13-9-5-2-6-10-13;/h1,3-4,7-8H,2,5-6,9-11H2;1H. The maximum Gasteiger partial charge on any atom is 0.0935 e. The molecule has 1 saturated heterocycles. The fourth-order valence-corrected chi connectivity index (χ4v) is 1.73. The molecule has 0 saturated carbocycles. The molecule has 0 bridgehead atoms. The van der Waals surface area contributed by atoms with Gasteiger partial charge >= 0.3 is 0 Å². The molecule has 0 unspecified atom stereocenters. The average molecular weight is 228 g/mol. The van der Waals surface area contributed by atoms with Crippen LogP contribution in [0, 0.1) is 0 Å². The molecule has 2 rings (SSSR count). The molecule has 0 aliphatic carbocycles. The van der Waals surface area contributed by atoms with E-state index in [0.29, 0.717) is 6.61 Å². The van der Waals surface area contributed by atoms with E-state index in [4.69, 9.17) is 4.84 Å². The normalized spacial score (nSPS) is 17.1. The van der Waals surface area contributed by atoms with Gasteiger partial charge in [-0.1, -0.05) is 36.8 Å². The van der Waals surface area contributed by atoms with Crippen molar-refractivity contribution in [3.05, 3.63) is 35.9 Å². The Morgan fingerprint density at radius 3 is 2.33 bits per heavy atom. The van der Waals surface area contributed by atoms with E-state index in [9.17, 15) is 0 Å². The third-order valence-electron chi connectivity index (χ3n) is 2.57. The first-order chi connectivity index (χ1) is 6.95. The van der Waals surface area contributed by atoms with Crippen molar-refractivity contribution in [3.8, 4) is 0 Å². The van der Waals surface area contributed by atoms with Crippen molar-refractivity contribution >= 4 is 12.4 Å². The molecule has 0 amide bonds. The van der Waals surface area contributed by atoms with Crippen molar-refractivity contribution in [1.82, 2.24) is 5.06 Å². The zero-order valence-electron chi connectivity index (χ0n) is 8.89. The van der Waals surface area contributed by atoms with Crippen molar-refractivity contribution in [2.75, 3.05) is 13.1 Å². The molecule has 1 fully saturated rings. The minimum Gasteiger partial charge on any atom is -0.294 e. The van der Waals surface area contributed by atoms with E-state index >= 15 is 0 Å². The number of nitrogens with zero attached hydrogens (tertiary/aromatic N) is 1. The summed E-state index contributed by atoms with van der Waals surface area (Å²) in [7, 11) is 0. The number of hydroxylamine groups is 2. The molecule has 0 aromatic heterocycles. The molecule has 15 heavy (non-hydrogen) atoms. The summed E-state index contributed by atoms with van der Waals surface area (Å²) in [6, 6.07) is 10.3. The third-order valence-corrected chi connectivity index (χ3v) is 2.57. The SMILES string of the molecule is Cl.c1ccc(CON2CCCCC2)cc1. The Hall–Kier alpha value is -0.570. The van der Waals surface area contributed by atoms with Crippen LogP contribution in [0.3, 0.4) is 0 Å². The van der Waals surface area contributed by atoms with E-state index in [1.165, 1.54) is 24.8 Å². The maximum atomic E-state index is 5.70. The molecule has 1 aliphatic heterocycles. The van der Waals surface area contributed by atoms with Crippen LogP contribution in [0.25, 0.3) is 0 Å². The Morgan fingerprint density at radius 1 is 1.00 bits per heavy atom. The van der Waals surface area contributed by atoms with Gasteiger partial charge in [-0.15, -0.1) is 12.4 Å². The van der Waals surface area contributed by atoms with Crippen molar-refractivity contribution in [2.24, 2.45) is 0 Å². The highest BCUT2D eigenvalue weighted by Gasteiger charge is 2.09. The molecular weight excluding hydrogens is 210 g/mol. The number of hydrogen-bond donors (Lipinski definition) is 0. The minimum atomic E-state index is 0. The van der Waals surface area contributed by atoms with Gasteiger partial charge in [-0.25, -0.2) is 0 Å². The molecule has 1 aromatic carbocycles. The second kappa shape index (κ2) is 6.83. The van der Waals surface area contributed by atoms with Gasteiger partial charge in [0.2, 0.25) is 0 Å². The Morgan fingerprint density at radius 2 is 1.67 bits per heavy atom. The summed E-state index contributed by atoms with van der Waals surface area (Å²) in [5.74, 6) is 0. The van der Waals surface area contributed by atoms with E-state index in [0.717, 1.165) is 13.1 Å². The summed E-state index contributed by atoms with van der Waals surface area (Å²) in [6.45, 7) is 2.89. The average Bonchev–Trinajstić information content (AvgIpc) is 2.29.